The molecular formula is C26H49ClN2O3Si. The first kappa shape index (κ1) is 32.1. The zero-order valence-electron chi connectivity index (χ0n) is 22.5. The standard InChI is InChI=1S/C26H48N2O3Si.ClH/c1-11-28(22-23-16-13-12-14-17-23)20-19-27-18-15-21-32(29-24(2,3)4,30-25(5,6)7)31-26(8,9)10;/h11-14,16-17,27H,1,15,18-22H2,2-10H3;1H. The summed E-state index contributed by atoms with van der Waals surface area (Å²) >= 11 is 0. The Hall–Kier alpha value is -0.893. The van der Waals surface area contributed by atoms with E-state index in [0.717, 1.165) is 38.6 Å². The third kappa shape index (κ3) is 15.6. The van der Waals surface area contributed by atoms with Gasteiger partial charge in [0.2, 0.25) is 0 Å². The van der Waals surface area contributed by atoms with Crippen LogP contribution in [0.15, 0.2) is 43.1 Å². The SMILES string of the molecule is C=CN(CCNCCC[Si](OC(C)(C)C)(OC(C)(C)C)OC(C)(C)C)Cc1ccccc1.Cl. The van der Waals surface area contributed by atoms with Gasteiger partial charge in [0.25, 0.3) is 0 Å². The fourth-order valence-corrected chi connectivity index (χ4v) is 7.29. The molecule has 0 amide bonds. The van der Waals surface area contributed by atoms with Gasteiger partial charge < -0.3 is 23.5 Å². The maximum Gasteiger partial charge on any atom is 0.502 e. The fourth-order valence-electron chi connectivity index (χ4n) is 3.45. The highest BCUT2D eigenvalue weighted by molar-refractivity contribution is 6.61. The maximum absolute atomic E-state index is 6.55. The van der Waals surface area contributed by atoms with Gasteiger partial charge in [-0.15, -0.1) is 12.4 Å². The number of benzene rings is 1. The number of nitrogens with one attached hydrogen (secondary N) is 1. The first-order valence-electron chi connectivity index (χ1n) is 11.8. The van der Waals surface area contributed by atoms with Crippen molar-refractivity contribution in [2.45, 2.75) is 98.1 Å². The van der Waals surface area contributed by atoms with Crippen LogP contribution in [0.3, 0.4) is 0 Å². The second kappa shape index (κ2) is 13.9. The van der Waals surface area contributed by atoms with Crippen LogP contribution in [0.4, 0.5) is 0 Å². The molecule has 1 aromatic rings. The third-order valence-electron chi connectivity index (χ3n) is 4.28. The summed E-state index contributed by atoms with van der Waals surface area (Å²) in [6.45, 7) is 26.2. The summed E-state index contributed by atoms with van der Waals surface area (Å²) in [6, 6.07) is 11.3. The molecule has 0 radical (unpaired) electrons. The van der Waals surface area contributed by atoms with Crippen LogP contribution >= 0.6 is 12.4 Å². The van der Waals surface area contributed by atoms with E-state index in [9.17, 15) is 0 Å². The highest BCUT2D eigenvalue weighted by atomic mass is 35.5. The second-order valence-corrected chi connectivity index (χ2v) is 13.8. The molecule has 1 rings (SSSR count). The number of rotatable bonds is 13. The van der Waals surface area contributed by atoms with Gasteiger partial charge in [0, 0.05) is 25.7 Å². The molecule has 0 aliphatic rings. The Morgan fingerprint density at radius 2 is 1.33 bits per heavy atom. The predicted molar refractivity (Wildman–Crippen MR) is 145 cm³/mol. The first-order valence-corrected chi connectivity index (χ1v) is 13.8. The molecule has 0 saturated carbocycles. The van der Waals surface area contributed by atoms with E-state index in [4.69, 9.17) is 13.3 Å². The summed E-state index contributed by atoms with van der Waals surface area (Å²) in [5.41, 5.74) is 0.287. The van der Waals surface area contributed by atoms with Gasteiger partial charge in [-0.3, -0.25) is 0 Å². The topological polar surface area (TPSA) is 43.0 Å². The molecule has 0 saturated heterocycles. The monoisotopic (exact) mass is 500 g/mol. The van der Waals surface area contributed by atoms with Crippen LogP contribution in [-0.2, 0) is 19.8 Å². The zero-order valence-corrected chi connectivity index (χ0v) is 24.3. The van der Waals surface area contributed by atoms with E-state index in [1.807, 2.05) is 12.3 Å². The third-order valence-corrected chi connectivity index (χ3v) is 8.02. The minimum absolute atomic E-state index is 0. The highest BCUT2D eigenvalue weighted by Crippen LogP contribution is 2.32. The van der Waals surface area contributed by atoms with E-state index in [1.54, 1.807) is 0 Å². The van der Waals surface area contributed by atoms with Gasteiger partial charge in [-0.2, -0.15) is 0 Å². The molecule has 33 heavy (non-hydrogen) atoms. The smallest absolute Gasteiger partial charge is 0.372 e. The van der Waals surface area contributed by atoms with Crippen LogP contribution in [0.1, 0.15) is 74.3 Å². The Morgan fingerprint density at radius 3 is 1.76 bits per heavy atom. The summed E-state index contributed by atoms with van der Waals surface area (Å²) in [6.07, 6.45) is 2.85. The van der Waals surface area contributed by atoms with Crippen molar-refractivity contribution in [1.29, 1.82) is 0 Å². The maximum atomic E-state index is 6.55. The first-order chi connectivity index (χ1) is 14.6. The number of hydrogen-bond donors (Lipinski definition) is 1. The molecule has 0 heterocycles. The van der Waals surface area contributed by atoms with Crippen LogP contribution in [-0.4, -0.2) is 50.1 Å². The van der Waals surface area contributed by atoms with Gasteiger partial charge in [0.05, 0.1) is 16.8 Å². The quantitative estimate of drug-likeness (QED) is 0.250. The van der Waals surface area contributed by atoms with Gasteiger partial charge in [0.1, 0.15) is 0 Å². The lowest BCUT2D eigenvalue weighted by Gasteiger charge is -2.43. The molecule has 192 valence electrons. The van der Waals surface area contributed by atoms with Crippen molar-refractivity contribution < 1.29 is 13.3 Å². The van der Waals surface area contributed by atoms with E-state index in [2.05, 4.69) is 103 Å². The molecule has 0 aliphatic carbocycles. The summed E-state index contributed by atoms with van der Waals surface area (Å²) in [4.78, 5) is 2.23. The van der Waals surface area contributed by atoms with Crippen molar-refractivity contribution in [1.82, 2.24) is 10.2 Å². The van der Waals surface area contributed by atoms with E-state index >= 15 is 0 Å². The normalized spacial score (nSPS) is 12.9. The Morgan fingerprint density at radius 1 is 0.848 bits per heavy atom. The molecule has 0 bridgehead atoms. The van der Waals surface area contributed by atoms with Crippen LogP contribution in [0.25, 0.3) is 0 Å². The second-order valence-electron chi connectivity index (χ2n) is 11.3. The average Bonchev–Trinajstić information content (AvgIpc) is 2.59. The lowest BCUT2D eigenvalue weighted by Crippen LogP contribution is -2.57. The molecule has 0 aliphatic heterocycles. The van der Waals surface area contributed by atoms with Gasteiger partial charge in [0.15, 0.2) is 0 Å². The average molecular weight is 501 g/mol. The van der Waals surface area contributed by atoms with Gasteiger partial charge in [-0.25, -0.2) is 0 Å². The van der Waals surface area contributed by atoms with Crippen molar-refractivity contribution in [2.75, 3.05) is 19.6 Å². The molecule has 1 aromatic carbocycles. The predicted octanol–water partition coefficient (Wildman–Crippen LogP) is 6.42. The molecule has 0 atom stereocenters. The summed E-state index contributed by atoms with van der Waals surface area (Å²) < 4.78 is 19.7. The molecule has 0 aromatic heterocycles. The van der Waals surface area contributed by atoms with E-state index in [-0.39, 0.29) is 29.2 Å². The molecule has 0 unspecified atom stereocenters. The molecule has 1 N–H and O–H groups in total. The van der Waals surface area contributed by atoms with Crippen LogP contribution < -0.4 is 5.32 Å². The minimum atomic E-state index is -2.91. The largest absolute Gasteiger partial charge is 0.502 e. The Kier molecular flexibility index (Phi) is 13.5. The molecule has 5 nitrogen and oxygen atoms in total. The van der Waals surface area contributed by atoms with Gasteiger partial charge in [-0.1, -0.05) is 36.9 Å². The lowest BCUT2D eigenvalue weighted by molar-refractivity contribution is -0.0754. The summed E-state index contributed by atoms with van der Waals surface area (Å²) in [7, 11) is -2.91. The fraction of sp³-hybridized carbons (Fsp3) is 0.692. The van der Waals surface area contributed by atoms with Crippen LogP contribution in [0.5, 0.6) is 0 Å². The Bertz CT molecular complexity index is 626. The Labute approximate surface area is 211 Å². The van der Waals surface area contributed by atoms with Crippen molar-refractivity contribution in [2.24, 2.45) is 0 Å². The van der Waals surface area contributed by atoms with E-state index < -0.39 is 8.80 Å². The minimum Gasteiger partial charge on any atom is -0.372 e. The highest BCUT2D eigenvalue weighted by Gasteiger charge is 2.49. The van der Waals surface area contributed by atoms with Crippen molar-refractivity contribution in [3.63, 3.8) is 0 Å². The molecule has 0 fully saturated rings. The van der Waals surface area contributed by atoms with E-state index in [0.29, 0.717) is 0 Å². The molecule has 0 spiro atoms. The van der Waals surface area contributed by atoms with Crippen molar-refractivity contribution in [3.8, 4) is 0 Å². The summed E-state index contributed by atoms with van der Waals surface area (Å²) in [5.74, 6) is 0. The molecular weight excluding hydrogens is 452 g/mol. The van der Waals surface area contributed by atoms with Gasteiger partial charge >= 0.3 is 8.80 Å². The van der Waals surface area contributed by atoms with Crippen LogP contribution in [0.2, 0.25) is 6.04 Å². The van der Waals surface area contributed by atoms with Gasteiger partial charge in [-0.05, 0) is 87.0 Å². The van der Waals surface area contributed by atoms with E-state index in [1.165, 1.54) is 5.56 Å². The number of nitrogens with zero attached hydrogens (tertiary/aromatic N) is 1. The molecule has 7 heteroatoms. The van der Waals surface area contributed by atoms with Crippen molar-refractivity contribution in [3.05, 3.63) is 48.7 Å². The Balaban J connectivity index is 0.0000102. The van der Waals surface area contributed by atoms with Crippen molar-refractivity contribution >= 4 is 21.2 Å². The van der Waals surface area contributed by atoms with Crippen LogP contribution in [0, 0.1) is 0 Å². The zero-order chi connectivity index (χ0) is 24.5. The lowest BCUT2D eigenvalue weighted by atomic mass is 10.2. The number of halogens is 1. The summed E-state index contributed by atoms with van der Waals surface area (Å²) in [5, 5.41) is 3.56. The number of hydrogen-bond acceptors (Lipinski definition) is 5.